The van der Waals surface area contributed by atoms with Gasteiger partial charge in [0.15, 0.2) is 0 Å². The van der Waals surface area contributed by atoms with E-state index in [0.29, 0.717) is 3.79 Å². The second kappa shape index (κ2) is 5.91. The van der Waals surface area contributed by atoms with Crippen LogP contribution < -0.4 is 4.72 Å². The van der Waals surface area contributed by atoms with Gasteiger partial charge < -0.3 is 0 Å². The van der Waals surface area contributed by atoms with Gasteiger partial charge in [0.2, 0.25) is 0 Å². The van der Waals surface area contributed by atoms with Crippen LogP contribution in [0.1, 0.15) is 5.56 Å². The Morgan fingerprint density at radius 1 is 1.38 bits per heavy atom. The predicted molar refractivity (Wildman–Crippen MR) is 85.7 cm³/mol. The Morgan fingerprint density at radius 2 is 2.05 bits per heavy atom. The Labute approximate surface area is 138 Å². The van der Waals surface area contributed by atoms with E-state index in [1.165, 1.54) is 18.2 Å². The number of hydrogen-bond donors (Lipinski definition) is 1. The summed E-state index contributed by atoms with van der Waals surface area (Å²) in [6.07, 6.45) is 0. The number of nitrogens with one attached hydrogen (secondary N) is 1. The van der Waals surface area contributed by atoms with Crippen LogP contribution in [-0.2, 0) is 10.0 Å². The van der Waals surface area contributed by atoms with Crippen LogP contribution in [0.25, 0.3) is 0 Å². The molecule has 0 radical (unpaired) electrons. The lowest BCUT2D eigenvalue weighted by Gasteiger charge is -2.06. The Kier molecular flexibility index (Phi) is 4.57. The van der Waals surface area contributed by atoms with Gasteiger partial charge in [0.1, 0.15) is 9.23 Å². The minimum Gasteiger partial charge on any atom is -0.279 e. The standard InChI is InChI=1S/C11H8BrClN2O4S2/c1-6-4-10(20-11(6)12)21(18,19)14-7-2-3-8(13)9(5-7)15(16)17/h2-5,14H,1H3. The van der Waals surface area contributed by atoms with Crippen molar-refractivity contribution in [1.82, 2.24) is 0 Å². The van der Waals surface area contributed by atoms with Crippen LogP contribution in [-0.4, -0.2) is 13.3 Å². The van der Waals surface area contributed by atoms with Gasteiger partial charge in [-0.2, -0.15) is 0 Å². The number of sulfonamides is 1. The van der Waals surface area contributed by atoms with Crippen LogP contribution in [0.3, 0.4) is 0 Å². The fourth-order valence-corrected chi connectivity index (χ4v) is 4.95. The molecule has 2 rings (SSSR count). The highest BCUT2D eigenvalue weighted by Crippen LogP contribution is 2.33. The maximum Gasteiger partial charge on any atom is 0.289 e. The zero-order valence-corrected chi connectivity index (χ0v) is 14.4. The summed E-state index contributed by atoms with van der Waals surface area (Å²) in [5, 5.41) is 10.7. The molecule has 6 nitrogen and oxygen atoms in total. The number of nitro benzene ring substituents is 1. The third-order valence-electron chi connectivity index (χ3n) is 2.49. The molecule has 0 atom stereocenters. The molecular weight excluding hydrogens is 404 g/mol. The average molecular weight is 412 g/mol. The second-order valence-electron chi connectivity index (χ2n) is 4.05. The van der Waals surface area contributed by atoms with Crippen molar-refractivity contribution in [3.8, 4) is 0 Å². The van der Waals surface area contributed by atoms with E-state index in [-0.39, 0.29) is 20.6 Å². The number of benzene rings is 1. The van der Waals surface area contributed by atoms with Gasteiger partial charge in [-0.15, -0.1) is 11.3 Å². The normalized spacial score (nSPS) is 11.4. The van der Waals surface area contributed by atoms with Crippen molar-refractivity contribution in [1.29, 1.82) is 0 Å². The maximum absolute atomic E-state index is 12.2. The minimum absolute atomic E-state index is 0.0577. The summed E-state index contributed by atoms with van der Waals surface area (Å²) in [5.74, 6) is 0. The van der Waals surface area contributed by atoms with E-state index in [9.17, 15) is 18.5 Å². The quantitative estimate of drug-likeness (QED) is 0.603. The van der Waals surface area contributed by atoms with Crippen molar-refractivity contribution in [2.24, 2.45) is 0 Å². The van der Waals surface area contributed by atoms with Gasteiger partial charge in [0, 0.05) is 6.07 Å². The minimum atomic E-state index is -3.80. The number of halogens is 2. The Bertz CT molecular complexity index is 800. The molecule has 0 spiro atoms. The summed E-state index contributed by atoms with van der Waals surface area (Å²) in [4.78, 5) is 10.1. The second-order valence-corrected chi connectivity index (χ2v) is 8.74. The number of nitrogens with zero attached hydrogens (tertiary/aromatic N) is 1. The van der Waals surface area contributed by atoms with Gasteiger partial charge in [-0.3, -0.25) is 14.8 Å². The first-order chi connectivity index (χ1) is 9.70. The largest absolute Gasteiger partial charge is 0.289 e. The Balaban J connectivity index is 2.37. The molecule has 0 fully saturated rings. The molecule has 0 aliphatic rings. The number of anilines is 1. The highest BCUT2D eigenvalue weighted by atomic mass is 79.9. The molecule has 1 aromatic heterocycles. The first-order valence-electron chi connectivity index (χ1n) is 5.43. The fraction of sp³-hybridized carbons (Fsp3) is 0.0909. The van der Waals surface area contributed by atoms with Crippen LogP contribution >= 0.6 is 38.9 Å². The number of aryl methyl sites for hydroxylation is 1. The molecule has 0 aliphatic carbocycles. The van der Waals surface area contributed by atoms with Gasteiger partial charge in [0.25, 0.3) is 15.7 Å². The summed E-state index contributed by atoms with van der Waals surface area (Å²) in [7, 11) is -3.80. The summed E-state index contributed by atoms with van der Waals surface area (Å²) < 4.78 is 27.5. The molecule has 0 saturated carbocycles. The molecular formula is C11H8BrClN2O4S2. The lowest BCUT2D eigenvalue weighted by Crippen LogP contribution is -2.11. The lowest BCUT2D eigenvalue weighted by molar-refractivity contribution is -0.384. The van der Waals surface area contributed by atoms with E-state index in [2.05, 4.69) is 20.7 Å². The van der Waals surface area contributed by atoms with Crippen molar-refractivity contribution < 1.29 is 13.3 Å². The summed E-state index contributed by atoms with van der Waals surface area (Å²) in [6, 6.07) is 5.23. The number of nitro groups is 1. The van der Waals surface area contributed by atoms with Gasteiger partial charge >= 0.3 is 0 Å². The van der Waals surface area contributed by atoms with Gasteiger partial charge in [-0.25, -0.2) is 8.42 Å². The molecule has 1 N–H and O–H groups in total. The molecule has 10 heteroatoms. The zero-order valence-electron chi connectivity index (χ0n) is 10.5. The van der Waals surface area contributed by atoms with Crippen LogP contribution in [0.15, 0.2) is 32.3 Å². The molecule has 0 unspecified atom stereocenters. The van der Waals surface area contributed by atoms with Crippen LogP contribution in [0.5, 0.6) is 0 Å². The first-order valence-corrected chi connectivity index (χ1v) is 8.90. The van der Waals surface area contributed by atoms with Gasteiger partial charge in [0.05, 0.1) is 14.4 Å². The molecule has 0 bridgehead atoms. The highest BCUT2D eigenvalue weighted by Gasteiger charge is 2.20. The fourth-order valence-electron chi connectivity index (χ4n) is 1.49. The van der Waals surface area contributed by atoms with Crippen molar-refractivity contribution in [2.45, 2.75) is 11.1 Å². The SMILES string of the molecule is Cc1cc(S(=O)(=O)Nc2ccc(Cl)c([N+](=O)[O-])c2)sc1Br. The van der Waals surface area contributed by atoms with Crippen molar-refractivity contribution in [2.75, 3.05) is 4.72 Å². The topological polar surface area (TPSA) is 89.3 Å². The molecule has 21 heavy (non-hydrogen) atoms. The molecule has 1 aromatic carbocycles. The molecule has 0 saturated heterocycles. The molecule has 1 heterocycles. The van der Waals surface area contributed by atoms with E-state index >= 15 is 0 Å². The highest BCUT2D eigenvalue weighted by molar-refractivity contribution is 9.11. The predicted octanol–water partition coefficient (Wildman–Crippen LogP) is 4.18. The van der Waals surface area contributed by atoms with E-state index in [1.807, 2.05) is 0 Å². The van der Waals surface area contributed by atoms with Crippen molar-refractivity contribution in [3.05, 3.63) is 48.8 Å². The third-order valence-corrected chi connectivity index (χ3v) is 6.81. The molecule has 0 amide bonds. The van der Waals surface area contributed by atoms with E-state index in [4.69, 9.17) is 11.6 Å². The number of thiophene rings is 1. The summed E-state index contributed by atoms with van der Waals surface area (Å²) in [6.45, 7) is 1.77. The Morgan fingerprint density at radius 3 is 2.57 bits per heavy atom. The van der Waals surface area contributed by atoms with E-state index in [1.54, 1.807) is 6.92 Å². The number of rotatable bonds is 4. The average Bonchev–Trinajstić information content (AvgIpc) is 2.72. The van der Waals surface area contributed by atoms with Crippen LogP contribution in [0, 0.1) is 17.0 Å². The molecule has 0 aliphatic heterocycles. The zero-order chi connectivity index (χ0) is 15.8. The lowest BCUT2D eigenvalue weighted by atomic mass is 10.3. The van der Waals surface area contributed by atoms with Crippen molar-refractivity contribution >= 4 is 60.3 Å². The van der Waals surface area contributed by atoms with Crippen molar-refractivity contribution in [3.63, 3.8) is 0 Å². The first kappa shape index (κ1) is 16.2. The van der Waals surface area contributed by atoms with Crippen LogP contribution in [0.2, 0.25) is 5.02 Å². The van der Waals surface area contributed by atoms with Gasteiger partial charge in [-0.05, 0) is 46.6 Å². The van der Waals surface area contributed by atoms with Crippen LogP contribution in [0.4, 0.5) is 11.4 Å². The van der Waals surface area contributed by atoms with E-state index < -0.39 is 14.9 Å². The number of hydrogen-bond acceptors (Lipinski definition) is 5. The monoisotopic (exact) mass is 410 g/mol. The maximum atomic E-state index is 12.2. The summed E-state index contributed by atoms with van der Waals surface area (Å²) >= 11 is 9.99. The smallest absolute Gasteiger partial charge is 0.279 e. The van der Waals surface area contributed by atoms with E-state index in [0.717, 1.165) is 23.0 Å². The van der Waals surface area contributed by atoms with Gasteiger partial charge in [-0.1, -0.05) is 11.6 Å². The summed E-state index contributed by atoms with van der Waals surface area (Å²) in [5.41, 5.74) is 0.510. The third kappa shape index (κ3) is 3.54. The Hall–Kier alpha value is -1.16. The molecule has 2 aromatic rings. The molecule has 112 valence electrons.